The number of benzene rings is 2. The molecule has 0 saturated carbocycles. The highest BCUT2D eigenvalue weighted by Crippen LogP contribution is 2.26. The number of para-hydroxylation sites is 4. The van der Waals surface area contributed by atoms with E-state index >= 15 is 0 Å². The van der Waals surface area contributed by atoms with Gasteiger partial charge < -0.3 is 19.4 Å². The van der Waals surface area contributed by atoms with E-state index in [4.69, 9.17) is 14.5 Å². The average molecular weight is 438 g/mol. The molecule has 6 nitrogen and oxygen atoms in total. The van der Waals surface area contributed by atoms with Crippen molar-refractivity contribution in [1.29, 1.82) is 0 Å². The molecule has 1 N–H and O–H groups in total. The number of unbranched alkanes of at least 4 members (excludes halogenated alkanes) is 2. The van der Waals surface area contributed by atoms with Crippen molar-refractivity contribution >= 4 is 16.9 Å². The Hall–Kier alpha value is -3.02. The van der Waals surface area contributed by atoms with Crippen molar-refractivity contribution in [2.45, 2.75) is 58.4 Å². The van der Waals surface area contributed by atoms with Crippen LogP contribution >= 0.6 is 0 Å². The molecule has 172 valence electrons. The standard InChI is InChI=1S/C26H35N3O3/c1-3-12-26(30)27-18-10-4-5-17-25-28-21-13-6-7-14-22(21)29(25)19-11-20-32-24-16-9-8-15-23(24)31-2/h6-9,13-16H,3-5,10-12,17-20H2,1-2H3,(H,27,30). The van der Waals surface area contributed by atoms with Gasteiger partial charge in [-0.3, -0.25) is 4.79 Å². The third-order valence-corrected chi connectivity index (χ3v) is 5.46. The average Bonchev–Trinajstić information content (AvgIpc) is 3.16. The van der Waals surface area contributed by atoms with Crippen LogP contribution in [0.15, 0.2) is 48.5 Å². The van der Waals surface area contributed by atoms with Crippen molar-refractivity contribution in [3.8, 4) is 11.5 Å². The van der Waals surface area contributed by atoms with Crippen molar-refractivity contribution < 1.29 is 14.3 Å². The van der Waals surface area contributed by atoms with Crippen LogP contribution in [0.4, 0.5) is 0 Å². The van der Waals surface area contributed by atoms with Gasteiger partial charge in [0.05, 0.1) is 24.8 Å². The van der Waals surface area contributed by atoms with Gasteiger partial charge in [0, 0.05) is 25.9 Å². The smallest absolute Gasteiger partial charge is 0.219 e. The third kappa shape index (κ3) is 6.74. The Morgan fingerprint density at radius 2 is 1.78 bits per heavy atom. The van der Waals surface area contributed by atoms with Crippen LogP contribution in [0.25, 0.3) is 11.0 Å². The Labute approximate surface area is 190 Å². The minimum Gasteiger partial charge on any atom is -0.493 e. The Kier molecular flexibility index (Phi) is 9.41. The molecule has 2 aromatic carbocycles. The number of nitrogens with zero attached hydrogens (tertiary/aromatic N) is 2. The van der Waals surface area contributed by atoms with Crippen LogP contribution in [0, 0.1) is 0 Å². The SMILES string of the molecule is CCCC(=O)NCCCCCc1nc2ccccc2n1CCCOc1ccccc1OC. The van der Waals surface area contributed by atoms with Crippen LogP contribution in [-0.4, -0.2) is 35.7 Å². The normalized spacial score (nSPS) is 10.9. The summed E-state index contributed by atoms with van der Waals surface area (Å²) in [5.74, 6) is 2.81. The molecular weight excluding hydrogens is 402 g/mol. The number of nitrogens with one attached hydrogen (secondary N) is 1. The molecule has 0 atom stereocenters. The number of aryl methyl sites for hydroxylation is 2. The minimum absolute atomic E-state index is 0.157. The van der Waals surface area contributed by atoms with E-state index in [2.05, 4.69) is 28.1 Å². The van der Waals surface area contributed by atoms with Crippen molar-refractivity contribution in [3.63, 3.8) is 0 Å². The lowest BCUT2D eigenvalue weighted by atomic mass is 10.2. The Balaban J connectivity index is 1.51. The number of ether oxygens (including phenoxy) is 2. The maximum absolute atomic E-state index is 11.6. The van der Waals surface area contributed by atoms with Crippen LogP contribution in [0.5, 0.6) is 11.5 Å². The van der Waals surface area contributed by atoms with Crippen LogP contribution in [-0.2, 0) is 17.8 Å². The Bertz CT molecular complexity index is 983. The summed E-state index contributed by atoms with van der Waals surface area (Å²) in [4.78, 5) is 16.4. The van der Waals surface area contributed by atoms with Crippen LogP contribution in [0.2, 0.25) is 0 Å². The fourth-order valence-corrected chi connectivity index (χ4v) is 3.84. The molecule has 0 unspecified atom stereocenters. The number of carbonyl (C=O) groups is 1. The first kappa shape index (κ1) is 23.6. The molecule has 0 bridgehead atoms. The molecule has 0 fully saturated rings. The van der Waals surface area contributed by atoms with Crippen LogP contribution < -0.4 is 14.8 Å². The lowest BCUT2D eigenvalue weighted by molar-refractivity contribution is -0.121. The highest BCUT2D eigenvalue weighted by atomic mass is 16.5. The van der Waals surface area contributed by atoms with Crippen molar-refractivity contribution in [3.05, 3.63) is 54.4 Å². The zero-order valence-electron chi connectivity index (χ0n) is 19.3. The monoisotopic (exact) mass is 437 g/mol. The molecule has 6 heteroatoms. The van der Waals surface area contributed by atoms with Crippen LogP contribution in [0.1, 0.15) is 51.3 Å². The fourth-order valence-electron chi connectivity index (χ4n) is 3.84. The summed E-state index contributed by atoms with van der Waals surface area (Å²) < 4.78 is 13.6. The summed E-state index contributed by atoms with van der Waals surface area (Å²) in [6, 6.07) is 16.0. The van der Waals surface area contributed by atoms with E-state index in [0.29, 0.717) is 13.0 Å². The molecule has 32 heavy (non-hydrogen) atoms. The third-order valence-electron chi connectivity index (χ3n) is 5.46. The van der Waals surface area contributed by atoms with Crippen molar-refractivity contribution in [2.75, 3.05) is 20.3 Å². The number of imidazole rings is 1. The zero-order chi connectivity index (χ0) is 22.6. The highest BCUT2D eigenvalue weighted by molar-refractivity contribution is 5.76. The Morgan fingerprint density at radius 1 is 1.00 bits per heavy atom. The first-order valence-electron chi connectivity index (χ1n) is 11.7. The predicted molar refractivity (Wildman–Crippen MR) is 128 cm³/mol. The number of carbonyl (C=O) groups excluding carboxylic acids is 1. The molecule has 1 amide bonds. The summed E-state index contributed by atoms with van der Waals surface area (Å²) in [6.07, 6.45) is 6.47. The maximum atomic E-state index is 11.6. The minimum atomic E-state index is 0.157. The molecule has 1 aromatic heterocycles. The molecule has 3 rings (SSSR count). The molecule has 3 aromatic rings. The Morgan fingerprint density at radius 3 is 2.59 bits per heavy atom. The predicted octanol–water partition coefficient (Wildman–Crippen LogP) is 5.14. The van der Waals surface area contributed by atoms with Crippen molar-refractivity contribution in [2.24, 2.45) is 0 Å². The van der Waals surface area contributed by atoms with E-state index in [1.54, 1.807) is 7.11 Å². The van der Waals surface area contributed by atoms with Gasteiger partial charge in [0.2, 0.25) is 5.91 Å². The first-order chi connectivity index (χ1) is 15.7. The lowest BCUT2D eigenvalue weighted by Crippen LogP contribution is -2.23. The van der Waals surface area contributed by atoms with Gasteiger partial charge in [-0.1, -0.05) is 37.6 Å². The summed E-state index contributed by atoms with van der Waals surface area (Å²) in [5, 5.41) is 2.99. The van der Waals surface area contributed by atoms with Gasteiger partial charge in [0.1, 0.15) is 5.82 Å². The molecule has 1 heterocycles. The van der Waals surface area contributed by atoms with E-state index in [1.165, 1.54) is 5.52 Å². The second-order valence-corrected chi connectivity index (χ2v) is 7.93. The number of hydrogen-bond acceptors (Lipinski definition) is 4. The number of rotatable bonds is 14. The van der Waals surface area contributed by atoms with Gasteiger partial charge >= 0.3 is 0 Å². The highest BCUT2D eigenvalue weighted by Gasteiger charge is 2.10. The van der Waals surface area contributed by atoms with Gasteiger partial charge in [-0.2, -0.15) is 0 Å². The fraction of sp³-hybridized carbons (Fsp3) is 0.462. The second-order valence-electron chi connectivity index (χ2n) is 7.93. The maximum Gasteiger partial charge on any atom is 0.219 e. The molecule has 0 aliphatic carbocycles. The van der Waals surface area contributed by atoms with Gasteiger partial charge in [0.25, 0.3) is 0 Å². The van der Waals surface area contributed by atoms with Gasteiger partial charge in [-0.25, -0.2) is 4.98 Å². The van der Waals surface area contributed by atoms with E-state index in [0.717, 1.165) is 74.5 Å². The van der Waals surface area contributed by atoms with E-state index in [9.17, 15) is 4.79 Å². The molecule has 0 aliphatic rings. The summed E-state index contributed by atoms with van der Waals surface area (Å²) >= 11 is 0. The number of hydrogen-bond donors (Lipinski definition) is 1. The topological polar surface area (TPSA) is 65.4 Å². The van der Waals surface area contributed by atoms with E-state index < -0.39 is 0 Å². The van der Waals surface area contributed by atoms with Crippen molar-refractivity contribution in [1.82, 2.24) is 14.9 Å². The number of fused-ring (bicyclic) bond motifs is 1. The van der Waals surface area contributed by atoms with Gasteiger partial charge in [-0.05, 0) is 49.9 Å². The number of methoxy groups -OCH3 is 1. The number of aromatic nitrogens is 2. The number of amides is 1. The summed E-state index contributed by atoms with van der Waals surface area (Å²) in [7, 11) is 1.66. The molecular formula is C26H35N3O3. The van der Waals surface area contributed by atoms with Gasteiger partial charge in [0.15, 0.2) is 11.5 Å². The largest absolute Gasteiger partial charge is 0.493 e. The molecule has 0 saturated heterocycles. The second kappa shape index (κ2) is 12.7. The zero-order valence-corrected chi connectivity index (χ0v) is 19.3. The molecule has 0 spiro atoms. The summed E-state index contributed by atoms with van der Waals surface area (Å²) in [6.45, 7) is 4.26. The lowest BCUT2D eigenvalue weighted by Gasteiger charge is -2.12. The quantitative estimate of drug-likeness (QED) is 0.355. The van der Waals surface area contributed by atoms with Crippen LogP contribution in [0.3, 0.4) is 0 Å². The van der Waals surface area contributed by atoms with Gasteiger partial charge in [-0.15, -0.1) is 0 Å². The molecule has 0 radical (unpaired) electrons. The van der Waals surface area contributed by atoms with E-state index in [-0.39, 0.29) is 5.91 Å². The summed E-state index contributed by atoms with van der Waals surface area (Å²) in [5.41, 5.74) is 2.21. The first-order valence-corrected chi connectivity index (χ1v) is 11.7. The van der Waals surface area contributed by atoms with E-state index in [1.807, 2.05) is 37.3 Å². The molecule has 0 aliphatic heterocycles.